The first-order valence-electron chi connectivity index (χ1n) is 8.30. The number of esters is 1. The van der Waals surface area contributed by atoms with Crippen molar-refractivity contribution in [1.82, 2.24) is 5.32 Å². The van der Waals surface area contributed by atoms with Crippen LogP contribution in [0.1, 0.15) is 23.0 Å². The highest BCUT2D eigenvalue weighted by Gasteiger charge is 2.67. The van der Waals surface area contributed by atoms with Gasteiger partial charge in [-0.15, -0.1) is 0 Å². The Labute approximate surface area is 158 Å². The summed E-state index contributed by atoms with van der Waals surface area (Å²) >= 11 is 0. The number of rotatable bonds is 8. The molecule has 0 aliphatic heterocycles. The minimum atomic E-state index is -5.14. The van der Waals surface area contributed by atoms with Gasteiger partial charge < -0.3 is 19.2 Å². The number of amides is 1. The number of nitrogens with two attached hydrogens (primary N) is 1. The molecule has 2 aromatic rings. The fourth-order valence-electron chi connectivity index (χ4n) is 2.41. The van der Waals surface area contributed by atoms with Crippen molar-refractivity contribution >= 4 is 11.9 Å². The van der Waals surface area contributed by atoms with Crippen LogP contribution < -0.4 is 15.4 Å². The summed E-state index contributed by atoms with van der Waals surface area (Å²) in [5.74, 6) is -2.11. The van der Waals surface area contributed by atoms with Gasteiger partial charge in [-0.25, -0.2) is 4.79 Å². The minimum Gasteiger partial charge on any atom is -0.497 e. The zero-order chi connectivity index (χ0) is 20.8. The van der Waals surface area contributed by atoms with Crippen molar-refractivity contribution in [3.05, 3.63) is 54.0 Å². The third kappa shape index (κ3) is 4.63. The van der Waals surface area contributed by atoms with Gasteiger partial charge in [-0.05, 0) is 43.3 Å². The van der Waals surface area contributed by atoms with Gasteiger partial charge in [-0.3, -0.25) is 10.1 Å². The Morgan fingerprint density at radius 1 is 1.18 bits per heavy atom. The van der Waals surface area contributed by atoms with E-state index in [2.05, 4.69) is 4.74 Å². The SMILES string of the molecule is CCOC(=O)[C@@](NC(=O)c1ccc(OC)cc1)([NH2+]Cc1ccco1)C(F)(F)F. The molecule has 2 rings (SSSR count). The van der Waals surface area contributed by atoms with Crippen LogP contribution in [0.5, 0.6) is 5.75 Å². The van der Waals surface area contributed by atoms with Crippen LogP contribution >= 0.6 is 0 Å². The fraction of sp³-hybridized carbons (Fsp3) is 0.333. The molecular weight excluding hydrogens is 381 g/mol. The lowest BCUT2D eigenvalue weighted by Gasteiger charge is -2.31. The van der Waals surface area contributed by atoms with E-state index in [1.165, 1.54) is 56.7 Å². The zero-order valence-electron chi connectivity index (χ0n) is 15.2. The van der Waals surface area contributed by atoms with Crippen LogP contribution in [0.3, 0.4) is 0 Å². The number of hydrogen-bond donors (Lipinski definition) is 2. The van der Waals surface area contributed by atoms with E-state index < -0.39 is 23.7 Å². The number of quaternary nitrogens is 1. The Hall–Kier alpha value is -3.01. The number of nitrogens with one attached hydrogen (secondary N) is 1. The van der Waals surface area contributed by atoms with Crippen molar-refractivity contribution in [2.24, 2.45) is 0 Å². The van der Waals surface area contributed by atoms with Gasteiger partial charge in [0.05, 0.1) is 20.0 Å². The molecule has 3 N–H and O–H groups in total. The van der Waals surface area contributed by atoms with E-state index in [0.29, 0.717) is 11.1 Å². The Balaban J connectivity index is 2.35. The van der Waals surface area contributed by atoms with E-state index in [4.69, 9.17) is 9.15 Å². The summed E-state index contributed by atoms with van der Waals surface area (Å²) < 4.78 is 56.5. The molecule has 28 heavy (non-hydrogen) atoms. The molecule has 1 amide bonds. The fourth-order valence-corrected chi connectivity index (χ4v) is 2.41. The lowest BCUT2D eigenvalue weighted by molar-refractivity contribution is -0.758. The van der Waals surface area contributed by atoms with Gasteiger partial charge in [0.1, 0.15) is 12.3 Å². The average molecular weight is 401 g/mol. The smallest absolute Gasteiger partial charge is 0.478 e. The Bertz CT molecular complexity index is 791. The van der Waals surface area contributed by atoms with Crippen LogP contribution in [-0.2, 0) is 16.1 Å². The van der Waals surface area contributed by atoms with Crippen molar-refractivity contribution < 1.29 is 42.0 Å². The van der Waals surface area contributed by atoms with Gasteiger partial charge in [0.25, 0.3) is 5.91 Å². The lowest BCUT2D eigenvalue weighted by Crippen LogP contribution is -3.06. The first-order chi connectivity index (χ1) is 13.2. The van der Waals surface area contributed by atoms with Crippen LogP contribution in [0.4, 0.5) is 13.2 Å². The molecule has 1 aromatic carbocycles. The van der Waals surface area contributed by atoms with E-state index in [1.54, 1.807) is 5.32 Å². The molecule has 1 heterocycles. The van der Waals surface area contributed by atoms with Gasteiger partial charge in [0, 0.05) is 5.56 Å². The molecule has 0 saturated heterocycles. The third-order valence-electron chi connectivity index (χ3n) is 3.90. The van der Waals surface area contributed by atoms with Gasteiger partial charge in [-0.2, -0.15) is 13.2 Å². The van der Waals surface area contributed by atoms with Crippen molar-refractivity contribution in [2.45, 2.75) is 25.3 Å². The van der Waals surface area contributed by atoms with E-state index in [1.807, 2.05) is 0 Å². The van der Waals surface area contributed by atoms with E-state index in [9.17, 15) is 22.8 Å². The molecule has 1 aromatic heterocycles. The third-order valence-corrected chi connectivity index (χ3v) is 3.90. The van der Waals surface area contributed by atoms with Crippen molar-refractivity contribution in [3.63, 3.8) is 0 Å². The van der Waals surface area contributed by atoms with Crippen LogP contribution in [0.2, 0.25) is 0 Å². The van der Waals surface area contributed by atoms with Crippen LogP contribution in [0.25, 0.3) is 0 Å². The molecule has 0 aliphatic carbocycles. The first-order valence-corrected chi connectivity index (χ1v) is 8.30. The molecule has 152 valence electrons. The van der Waals surface area contributed by atoms with Gasteiger partial charge in [-0.1, -0.05) is 0 Å². The summed E-state index contributed by atoms with van der Waals surface area (Å²) in [6.07, 6.45) is -3.85. The van der Waals surface area contributed by atoms with Crippen LogP contribution in [-0.4, -0.2) is 37.4 Å². The van der Waals surface area contributed by atoms with E-state index in [0.717, 1.165) is 0 Å². The summed E-state index contributed by atoms with van der Waals surface area (Å²) in [5, 5.41) is 2.42. The molecule has 0 bridgehead atoms. The predicted octanol–water partition coefficient (Wildman–Crippen LogP) is 1.60. The Morgan fingerprint density at radius 2 is 1.86 bits per heavy atom. The van der Waals surface area contributed by atoms with E-state index >= 15 is 0 Å². The Kier molecular flexibility index (Phi) is 6.68. The second-order valence-corrected chi connectivity index (χ2v) is 5.70. The molecule has 1 atom stereocenters. The van der Waals surface area contributed by atoms with Crippen LogP contribution in [0.15, 0.2) is 47.1 Å². The maximum absolute atomic E-state index is 14.0. The summed E-state index contributed by atoms with van der Waals surface area (Å²) in [4.78, 5) is 24.8. The number of alkyl halides is 3. The number of carbonyl (C=O) groups is 2. The van der Waals surface area contributed by atoms with E-state index in [-0.39, 0.29) is 24.5 Å². The highest BCUT2D eigenvalue weighted by atomic mass is 19.4. The molecule has 0 radical (unpaired) electrons. The monoisotopic (exact) mass is 401 g/mol. The average Bonchev–Trinajstić information content (AvgIpc) is 3.17. The number of halogens is 3. The highest BCUT2D eigenvalue weighted by molar-refractivity contribution is 5.97. The number of furan rings is 1. The highest BCUT2D eigenvalue weighted by Crippen LogP contribution is 2.27. The largest absolute Gasteiger partial charge is 0.497 e. The molecule has 0 unspecified atom stereocenters. The quantitative estimate of drug-likeness (QED) is 0.518. The standard InChI is InChI=1S/C18H19F3N2O5/c1-3-27-16(25)17(18(19,20)21,22-11-14-5-4-10-28-14)23-15(24)12-6-8-13(26-2)9-7-12/h4-10,22H,3,11H2,1-2H3,(H,23,24)/p+1/t17-/m0/s1. The molecule has 0 spiro atoms. The second-order valence-electron chi connectivity index (χ2n) is 5.70. The Morgan fingerprint density at radius 3 is 2.36 bits per heavy atom. The van der Waals surface area contributed by atoms with Crippen molar-refractivity contribution in [1.29, 1.82) is 0 Å². The zero-order valence-corrected chi connectivity index (χ0v) is 15.2. The van der Waals surface area contributed by atoms with Gasteiger partial charge >= 0.3 is 17.8 Å². The molecule has 0 aliphatic rings. The minimum absolute atomic E-state index is 0.0786. The van der Waals surface area contributed by atoms with Crippen molar-refractivity contribution in [3.8, 4) is 5.75 Å². The molecule has 10 heteroatoms. The topological polar surface area (TPSA) is 94.4 Å². The summed E-state index contributed by atoms with van der Waals surface area (Å²) in [5.41, 5.74) is -3.42. The lowest BCUT2D eigenvalue weighted by atomic mass is 10.1. The van der Waals surface area contributed by atoms with Crippen LogP contribution in [0, 0.1) is 0 Å². The summed E-state index contributed by atoms with van der Waals surface area (Å²) in [6, 6.07) is 8.36. The number of hydrogen-bond acceptors (Lipinski definition) is 5. The summed E-state index contributed by atoms with van der Waals surface area (Å²) in [6.45, 7) is 0.731. The second kappa shape index (κ2) is 8.79. The molecular formula is C18H20F3N2O5+. The van der Waals surface area contributed by atoms with Gasteiger partial charge in [0.2, 0.25) is 0 Å². The number of carbonyl (C=O) groups excluding carboxylic acids is 2. The normalized spacial score (nSPS) is 13.5. The van der Waals surface area contributed by atoms with Crippen molar-refractivity contribution in [2.75, 3.05) is 13.7 Å². The maximum atomic E-state index is 14.0. The van der Waals surface area contributed by atoms with Gasteiger partial charge in [0.15, 0.2) is 5.76 Å². The predicted molar refractivity (Wildman–Crippen MR) is 90.2 cm³/mol. The first kappa shape index (κ1) is 21.3. The summed E-state index contributed by atoms with van der Waals surface area (Å²) in [7, 11) is 1.41. The number of methoxy groups -OCH3 is 1. The number of benzene rings is 1. The molecule has 0 fully saturated rings. The molecule has 7 nitrogen and oxygen atoms in total. The number of ether oxygens (including phenoxy) is 2. The maximum Gasteiger partial charge on any atom is 0.478 e. The molecule has 0 saturated carbocycles.